The summed E-state index contributed by atoms with van der Waals surface area (Å²) >= 11 is 5.97. The Morgan fingerprint density at radius 1 is 1.13 bits per heavy atom. The van der Waals surface area contributed by atoms with Crippen LogP contribution in [0, 0.1) is 5.82 Å². The van der Waals surface area contributed by atoms with Gasteiger partial charge in [-0.3, -0.25) is 4.57 Å². The Balaban J connectivity index is 1.53. The van der Waals surface area contributed by atoms with Gasteiger partial charge in [-0.05, 0) is 50.9 Å². The highest BCUT2D eigenvalue weighted by molar-refractivity contribution is 6.31. The van der Waals surface area contributed by atoms with Crippen LogP contribution in [0.2, 0.25) is 5.02 Å². The summed E-state index contributed by atoms with van der Waals surface area (Å²) in [5.74, 6) is 0.622. The number of hydrogen-bond donors (Lipinski definition) is 3. The second-order valence-electron chi connectivity index (χ2n) is 7.95. The third-order valence-electron chi connectivity index (χ3n) is 5.86. The van der Waals surface area contributed by atoms with Crippen molar-refractivity contribution in [2.24, 2.45) is 0 Å². The Hall–Kier alpha value is -2.49. The van der Waals surface area contributed by atoms with Crippen molar-refractivity contribution in [2.45, 2.75) is 37.8 Å². The largest absolute Gasteiger partial charge is 0.381 e. The second kappa shape index (κ2) is 8.94. The Morgan fingerprint density at radius 2 is 1.94 bits per heavy atom. The number of anilines is 3. The van der Waals surface area contributed by atoms with E-state index < -0.39 is 5.82 Å². The number of nitrogens with zero attached hydrogens (tertiary/aromatic N) is 4. The van der Waals surface area contributed by atoms with Gasteiger partial charge in [0.05, 0.1) is 16.9 Å². The van der Waals surface area contributed by atoms with E-state index in [0.717, 1.165) is 57.6 Å². The number of aromatic nitrogens is 4. The molecule has 0 atom stereocenters. The quantitative estimate of drug-likeness (QED) is 0.549. The van der Waals surface area contributed by atoms with Crippen LogP contribution in [0.5, 0.6) is 0 Å². The van der Waals surface area contributed by atoms with Crippen molar-refractivity contribution in [3.63, 3.8) is 0 Å². The first-order valence-corrected chi connectivity index (χ1v) is 11.1. The maximum absolute atomic E-state index is 14.6. The minimum atomic E-state index is -0.499. The zero-order valence-electron chi connectivity index (χ0n) is 17.1. The average Bonchev–Trinajstić information content (AvgIpc) is 3.15. The Kier molecular flexibility index (Phi) is 5.89. The van der Waals surface area contributed by atoms with Gasteiger partial charge in [0.15, 0.2) is 11.5 Å². The van der Waals surface area contributed by atoms with Crippen molar-refractivity contribution in [3.8, 4) is 0 Å². The summed E-state index contributed by atoms with van der Waals surface area (Å²) < 4.78 is 22.1. The van der Waals surface area contributed by atoms with Crippen molar-refractivity contribution < 1.29 is 9.13 Å². The first kappa shape index (κ1) is 20.4. The molecular weight excluding hydrogens is 421 g/mol. The number of halogens is 2. The fraction of sp³-hybridized carbons (Fsp3) is 0.476. The first-order valence-electron chi connectivity index (χ1n) is 10.7. The summed E-state index contributed by atoms with van der Waals surface area (Å²) in [7, 11) is 0. The molecule has 2 saturated heterocycles. The van der Waals surface area contributed by atoms with E-state index in [-0.39, 0.29) is 16.8 Å². The van der Waals surface area contributed by atoms with Crippen LogP contribution in [-0.2, 0) is 4.74 Å². The summed E-state index contributed by atoms with van der Waals surface area (Å²) in [5, 5.41) is 10.0. The van der Waals surface area contributed by atoms with Crippen LogP contribution < -0.4 is 16.0 Å². The van der Waals surface area contributed by atoms with Crippen LogP contribution in [0.25, 0.3) is 11.2 Å². The molecule has 10 heteroatoms. The normalized spacial score (nSPS) is 18.4. The molecule has 1 aromatic carbocycles. The van der Waals surface area contributed by atoms with Crippen molar-refractivity contribution in [2.75, 3.05) is 36.9 Å². The number of rotatable bonds is 5. The van der Waals surface area contributed by atoms with Crippen LogP contribution in [0.3, 0.4) is 0 Å². The van der Waals surface area contributed by atoms with E-state index in [2.05, 4.69) is 25.5 Å². The third kappa shape index (κ3) is 4.30. The van der Waals surface area contributed by atoms with Gasteiger partial charge in [-0.25, -0.2) is 14.4 Å². The number of benzene rings is 1. The maximum atomic E-state index is 14.6. The van der Waals surface area contributed by atoms with Crippen molar-refractivity contribution in [3.05, 3.63) is 35.2 Å². The van der Waals surface area contributed by atoms with E-state index in [9.17, 15) is 4.39 Å². The van der Waals surface area contributed by atoms with Gasteiger partial charge in [0.2, 0.25) is 11.9 Å². The summed E-state index contributed by atoms with van der Waals surface area (Å²) in [5.41, 5.74) is 1.69. The molecule has 0 unspecified atom stereocenters. The summed E-state index contributed by atoms with van der Waals surface area (Å²) in [4.78, 5) is 14.0. The molecule has 8 nitrogen and oxygen atoms in total. The van der Waals surface area contributed by atoms with Crippen molar-refractivity contribution in [1.82, 2.24) is 24.8 Å². The summed E-state index contributed by atoms with van der Waals surface area (Å²) in [6.07, 6.45) is 5.45. The fourth-order valence-corrected chi connectivity index (χ4v) is 4.38. The Labute approximate surface area is 184 Å². The zero-order valence-corrected chi connectivity index (χ0v) is 17.8. The number of piperidine rings is 1. The van der Waals surface area contributed by atoms with Crippen molar-refractivity contribution in [1.29, 1.82) is 0 Å². The van der Waals surface area contributed by atoms with E-state index in [1.807, 2.05) is 0 Å². The molecular formula is C21H25ClFN7O. The SMILES string of the molecule is Fc1c(Cl)cccc1Nc1nc2cnc(NC3CCOCC3)nc2n1C1CCNCC1. The van der Waals surface area contributed by atoms with Gasteiger partial charge < -0.3 is 20.7 Å². The fourth-order valence-electron chi connectivity index (χ4n) is 4.20. The lowest BCUT2D eigenvalue weighted by atomic mass is 10.1. The molecule has 0 bridgehead atoms. The molecule has 0 aliphatic carbocycles. The van der Waals surface area contributed by atoms with Crippen LogP contribution in [-0.4, -0.2) is 51.9 Å². The van der Waals surface area contributed by atoms with Crippen molar-refractivity contribution >= 4 is 40.3 Å². The molecule has 2 fully saturated rings. The Bertz CT molecular complexity index is 1060. The molecule has 0 amide bonds. The molecule has 31 heavy (non-hydrogen) atoms. The van der Waals surface area contributed by atoms with Gasteiger partial charge >= 0.3 is 0 Å². The number of hydrogen-bond acceptors (Lipinski definition) is 7. The van der Waals surface area contributed by atoms with Gasteiger partial charge in [0.1, 0.15) is 5.52 Å². The van der Waals surface area contributed by atoms with E-state index in [0.29, 0.717) is 23.5 Å². The van der Waals surface area contributed by atoms with Gasteiger partial charge in [0, 0.05) is 25.3 Å². The topological polar surface area (TPSA) is 88.9 Å². The lowest BCUT2D eigenvalue weighted by Crippen LogP contribution is -2.30. The minimum Gasteiger partial charge on any atom is -0.381 e. The molecule has 2 aromatic heterocycles. The van der Waals surface area contributed by atoms with E-state index >= 15 is 0 Å². The minimum absolute atomic E-state index is 0.0669. The zero-order chi connectivity index (χ0) is 21.2. The summed E-state index contributed by atoms with van der Waals surface area (Å²) in [6.45, 7) is 3.31. The Morgan fingerprint density at radius 3 is 2.74 bits per heavy atom. The molecule has 2 aliphatic heterocycles. The lowest BCUT2D eigenvalue weighted by molar-refractivity contribution is 0.0903. The predicted octanol–water partition coefficient (Wildman–Crippen LogP) is 3.88. The lowest BCUT2D eigenvalue weighted by Gasteiger charge is -2.26. The van der Waals surface area contributed by atoms with Gasteiger partial charge in [-0.15, -0.1) is 0 Å². The second-order valence-corrected chi connectivity index (χ2v) is 8.35. The standard InChI is InChI=1S/C21H25ClFN7O/c22-15-2-1-3-16(18(15)23)27-21-28-17-12-25-20(26-13-6-10-31-11-7-13)29-19(17)30(21)14-4-8-24-9-5-14/h1-3,12-14,24H,4-11H2,(H,27,28)(H,25,26,29). The number of imidazole rings is 1. The first-order chi connectivity index (χ1) is 15.2. The smallest absolute Gasteiger partial charge is 0.224 e. The molecule has 0 radical (unpaired) electrons. The van der Waals surface area contributed by atoms with Crippen LogP contribution in [0.1, 0.15) is 31.7 Å². The molecule has 5 rings (SSSR count). The highest BCUT2D eigenvalue weighted by atomic mass is 35.5. The predicted molar refractivity (Wildman–Crippen MR) is 119 cm³/mol. The van der Waals surface area contributed by atoms with Gasteiger partial charge in [0.25, 0.3) is 0 Å². The van der Waals surface area contributed by atoms with E-state index in [1.54, 1.807) is 18.3 Å². The van der Waals surface area contributed by atoms with Crippen LogP contribution >= 0.6 is 11.6 Å². The third-order valence-corrected chi connectivity index (χ3v) is 6.15. The molecule has 0 saturated carbocycles. The number of nitrogens with one attached hydrogen (secondary N) is 3. The van der Waals surface area contributed by atoms with E-state index in [1.165, 1.54) is 6.07 Å². The van der Waals surface area contributed by atoms with Gasteiger partial charge in [-0.1, -0.05) is 17.7 Å². The molecule has 0 spiro atoms. The van der Waals surface area contributed by atoms with Crippen LogP contribution in [0.15, 0.2) is 24.4 Å². The number of fused-ring (bicyclic) bond motifs is 1. The number of ether oxygens (including phenoxy) is 1. The highest BCUT2D eigenvalue weighted by Crippen LogP contribution is 2.32. The van der Waals surface area contributed by atoms with Crippen LogP contribution in [0.4, 0.5) is 22.0 Å². The highest BCUT2D eigenvalue weighted by Gasteiger charge is 2.24. The molecule has 3 N–H and O–H groups in total. The monoisotopic (exact) mass is 445 g/mol. The molecule has 4 heterocycles. The summed E-state index contributed by atoms with van der Waals surface area (Å²) in [6, 6.07) is 5.37. The van der Waals surface area contributed by atoms with E-state index in [4.69, 9.17) is 26.3 Å². The average molecular weight is 446 g/mol. The molecule has 3 aromatic rings. The molecule has 2 aliphatic rings. The molecule has 164 valence electrons. The van der Waals surface area contributed by atoms with Gasteiger partial charge in [-0.2, -0.15) is 4.98 Å². The maximum Gasteiger partial charge on any atom is 0.224 e.